The Balaban J connectivity index is 1.63. The highest BCUT2D eigenvalue weighted by Gasteiger charge is 2.45. The quantitative estimate of drug-likeness (QED) is 0.578. The van der Waals surface area contributed by atoms with Gasteiger partial charge in [0.1, 0.15) is 6.54 Å². The van der Waals surface area contributed by atoms with Crippen molar-refractivity contribution in [2.45, 2.75) is 32.7 Å². The Morgan fingerprint density at radius 3 is 2.17 bits per heavy atom. The van der Waals surface area contributed by atoms with Crippen LogP contribution < -0.4 is 5.32 Å². The second-order valence-electron chi connectivity index (χ2n) is 7.03. The monoisotopic (exact) mass is 393 g/mol. The fourth-order valence-electron chi connectivity index (χ4n) is 3.07. The van der Waals surface area contributed by atoms with Crippen molar-refractivity contribution in [3.05, 3.63) is 65.7 Å². The molecule has 3 rings (SSSR count). The molecule has 1 atom stereocenters. The summed E-state index contributed by atoms with van der Waals surface area (Å²) in [5.74, 6) is -2.05. The van der Waals surface area contributed by atoms with Gasteiger partial charge in [-0.25, -0.2) is 9.69 Å². The summed E-state index contributed by atoms with van der Waals surface area (Å²) in [6.45, 7) is 3.70. The number of hydrogen-bond acceptors (Lipinski definition) is 4. The van der Waals surface area contributed by atoms with Crippen LogP contribution in [0.3, 0.4) is 0 Å². The van der Waals surface area contributed by atoms with Crippen LogP contribution in [-0.2, 0) is 20.9 Å². The molecule has 1 fully saturated rings. The zero-order chi connectivity index (χ0) is 21.0. The summed E-state index contributed by atoms with van der Waals surface area (Å²) in [4.78, 5) is 50.7. The lowest BCUT2D eigenvalue weighted by Gasteiger charge is -2.15. The number of amides is 5. The van der Waals surface area contributed by atoms with Crippen LogP contribution in [0.2, 0.25) is 0 Å². The van der Waals surface area contributed by atoms with Gasteiger partial charge < -0.3 is 5.32 Å². The predicted octanol–water partition coefficient (Wildman–Crippen LogP) is 3.13. The molecule has 0 bridgehead atoms. The minimum Gasteiger partial charge on any atom is -0.325 e. The Morgan fingerprint density at radius 2 is 1.55 bits per heavy atom. The summed E-state index contributed by atoms with van der Waals surface area (Å²) in [7, 11) is 0. The van der Waals surface area contributed by atoms with E-state index in [0.717, 1.165) is 22.4 Å². The van der Waals surface area contributed by atoms with Crippen LogP contribution in [-0.4, -0.2) is 40.1 Å². The van der Waals surface area contributed by atoms with E-state index in [4.69, 9.17) is 0 Å². The van der Waals surface area contributed by atoms with Crippen LogP contribution in [0, 0.1) is 0 Å². The predicted molar refractivity (Wildman–Crippen MR) is 108 cm³/mol. The first-order chi connectivity index (χ1) is 13.9. The largest absolute Gasteiger partial charge is 0.335 e. The number of nitrogens with one attached hydrogen (secondary N) is 1. The van der Waals surface area contributed by atoms with Crippen molar-refractivity contribution in [2.24, 2.45) is 0 Å². The lowest BCUT2D eigenvalue weighted by molar-refractivity contribution is -0.143. The van der Waals surface area contributed by atoms with Gasteiger partial charge in [0.25, 0.3) is 0 Å². The van der Waals surface area contributed by atoms with Crippen LogP contribution >= 0.6 is 0 Å². The third kappa shape index (κ3) is 4.51. The van der Waals surface area contributed by atoms with Gasteiger partial charge in [-0.2, -0.15) is 0 Å². The number of carbonyl (C=O) groups excluding carboxylic acids is 4. The Hall–Kier alpha value is -3.48. The number of nitrogens with zero attached hydrogens (tertiary/aromatic N) is 2. The van der Waals surface area contributed by atoms with E-state index in [1.807, 2.05) is 18.2 Å². The Bertz CT molecular complexity index is 925. The average Bonchev–Trinajstić information content (AvgIpc) is 2.92. The fourth-order valence-corrected chi connectivity index (χ4v) is 3.07. The minimum atomic E-state index is -0.992. The first kappa shape index (κ1) is 20.3. The van der Waals surface area contributed by atoms with Crippen molar-refractivity contribution in [1.29, 1.82) is 0 Å². The molecule has 2 aromatic rings. The smallest absolute Gasteiger partial charge is 0.325 e. The van der Waals surface area contributed by atoms with Gasteiger partial charge in [0, 0.05) is 5.69 Å². The average molecular weight is 393 g/mol. The third-order valence-corrected chi connectivity index (χ3v) is 5.00. The first-order valence-corrected chi connectivity index (χ1v) is 9.51. The van der Waals surface area contributed by atoms with Crippen molar-refractivity contribution in [3.63, 3.8) is 0 Å². The SMILES string of the molecule is CC[C@@H](C)c1ccc(NC(=O)CN2C(=O)C(=O)N(Cc3ccccc3)C2=O)cc1. The number of imide groups is 2. The maximum atomic E-state index is 12.5. The summed E-state index contributed by atoms with van der Waals surface area (Å²) in [6.07, 6.45) is 1.01. The van der Waals surface area contributed by atoms with Crippen molar-refractivity contribution >= 4 is 29.4 Å². The molecular weight excluding hydrogens is 370 g/mol. The van der Waals surface area contributed by atoms with E-state index in [0.29, 0.717) is 16.5 Å². The van der Waals surface area contributed by atoms with Crippen LogP contribution in [0.25, 0.3) is 0 Å². The number of benzene rings is 2. The van der Waals surface area contributed by atoms with Crippen molar-refractivity contribution in [2.75, 3.05) is 11.9 Å². The summed E-state index contributed by atoms with van der Waals surface area (Å²) in [5.41, 5.74) is 2.45. The first-order valence-electron chi connectivity index (χ1n) is 9.51. The number of hydrogen-bond donors (Lipinski definition) is 1. The minimum absolute atomic E-state index is 0.0144. The van der Waals surface area contributed by atoms with Crippen molar-refractivity contribution in [1.82, 2.24) is 9.80 Å². The molecule has 0 aliphatic carbocycles. The molecule has 1 N–H and O–H groups in total. The Labute approximate surface area is 169 Å². The molecular formula is C22H23N3O4. The zero-order valence-corrected chi connectivity index (χ0v) is 16.4. The standard InChI is InChI=1S/C22H23N3O4/c1-3-15(2)17-9-11-18(12-10-17)23-19(26)14-25-21(28)20(27)24(22(25)29)13-16-7-5-4-6-8-16/h4-12,15H,3,13-14H2,1-2H3,(H,23,26)/t15-/m1/s1. The van der Waals surface area contributed by atoms with Crippen LogP contribution in [0.5, 0.6) is 0 Å². The second kappa shape index (κ2) is 8.68. The summed E-state index contributed by atoms with van der Waals surface area (Å²) in [5, 5.41) is 2.66. The van der Waals surface area contributed by atoms with Gasteiger partial charge >= 0.3 is 17.8 Å². The topological polar surface area (TPSA) is 86.8 Å². The molecule has 0 aromatic heterocycles. The molecule has 1 aliphatic rings. The molecule has 2 aromatic carbocycles. The number of rotatable bonds is 7. The summed E-state index contributed by atoms with van der Waals surface area (Å²) >= 11 is 0. The Kier molecular flexibility index (Phi) is 6.07. The maximum absolute atomic E-state index is 12.5. The van der Waals surface area contributed by atoms with E-state index >= 15 is 0 Å². The molecule has 5 amide bonds. The fraction of sp³-hybridized carbons (Fsp3) is 0.273. The molecule has 0 saturated carbocycles. The number of urea groups is 1. The van der Waals surface area contributed by atoms with Crippen molar-refractivity contribution < 1.29 is 19.2 Å². The van der Waals surface area contributed by atoms with E-state index in [2.05, 4.69) is 19.2 Å². The molecule has 7 nitrogen and oxygen atoms in total. The highest BCUT2D eigenvalue weighted by molar-refractivity contribution is 6.45. The van der Waals surface area contributed by atoms with Gasteiger partial charge in [-0.05, 0) is 35.6 Å². The van der Waals surface area contributed by atoms with Gasteiger partial charge in [-0.3, -0.25) is 19.3 Å². The van der Waals surface area contributed by atoms with Crippen LogP contribution in [0.1, 0.15) is 37.3 Å². The zero-order valence-electron chi connectivity index (χ0n) is 16.4. The second-order valence-corrected chi connectivity index (χ2v) is 7.03. The third-order valence-electron chi connectivity index (χ3n) is 5.00. The van der Waals surface area contributed by atoms with E-state index in [9.17, 15) is 19.2 Å². The molecule has 0 unspecified atom stereocenters. The molecule has 0 radical (unpaired) electrons. The number of anilines is 1. The Morgan fingerprint density at radius 1 is 0.931 bits per heavy atom. The van der Waals surface area contributed by atoms with Gasteiger partial charge in [0.15, 0.2) is 0 Å². The maximum Gasteiger partial charge on any atom is 0.335 e. The highest BCUT2D eigenvalue weighted by atomic mass is 16.2. The lowest BCUT2D eigenvalue weighted by Crippen LogP contribution is -2.38. The van der Waals surface area contributed by atoms with E-state index in [-0.39, 0.29) is 6.54 Å². The summed E-state index contributed by atoms with van der Waals surface area (Å²) < 4.78 is 0. The number of carbonyl (C=O) groups is 4. The molecule has 150 valence electrons. The van der Waals surface area contributed by atoms with Crippen LogP contribution in [0.15, 0.2) is 54.6 Å². The highest BCUT2D eigenvalue weighted by Crippen LogP contribution is 2.21. The van der Waals surface area contributed by atoms with Crippen LogP contribution in [0.4, 0.5) is 10.5 Å². The summed E-state index contributed by atoms with van der Waals surface area (Å²) in [6, 6.07) is 15.5. The van der Waals surface area contributed by atoms with Gasteiger partial charge in [-0.15, -0.1) is 0 Å². The molecule has 1 aliphatic heterocycles. The van der Waals surface area contributed by atoms with E-state index < -0.39 is 30.3 Å². The van der Waals surface area contributed by atoms with Gasteiger partial charge in [-0.1, -0.05) is 56.3 Å². The lowest BCUT2D eigenvalue weighted by atomic mass is 9.99. The van der Waals surface area contributed by atoms with Gasteiger partial charge in [0.2, 0.25) is 5.91 Å². The van der Waals surface area contributed by atoms with E-state index in [1.165, 1.54) is 0 Å². The van der Waals surface area contributed by atoms with Gasteiger partial charge in [0.05, 0.1) is 6.54 Å². The molecule has 1 saturated heterocycles. The molecule has 7 heteroatoms. The van der Waals surface area contributed by atoms with E-state index in [1.54, 1.807) is 36.4 Å². The van der Waals surface area contributed by atoms with Crippen molar-refractivity contribution in [3.8, 4) is 0 Å². The molecule has 0 spiro atoms. The molecule has 29 heavy (non-hydrogen) atoms. The molecule has 1 heterocycles. The normalized spacial score (nSPS) is 15.0.